The topological polar surface area (TPSA) is 61.7 Å². The van der Waals surface area contributed by atoms with Gasteiger partial charge in [0, 0.05) is 64.5 Å². The lowest BCUT2D eigenvalue weighted by atomic mass is 9.94. The number of hydrogen-bond acceptors (Lipinski definition) is 4. The molecule has 1 aromatic rings. The predicted molar refractivity (Wildman–Crippen MR) is 104 cm³/mol. The van der Waals surface area contributed by atoms with Crippen molar-refractivity contribution in [2.75, 3.05) is 39.3 Å². The highest BCUT2D eigenvalue weighted by molar-refractivity contribution is 5.92. The normalized spacial score (nSPS) is 21.7. The zero-order chi connectivity index (χ0) is 19.4. The Morgan fingerprint density at radius 1 is 1.15 bits per heavy atom. The minimum Gasteiger partial charge on any atom is -0.340 e. The summed E-state index contributed by atoms with van der Waals surface area (Å²) in [7, 11) is 0. The first kappa shape index (κ1) is 19.9. The van der Waals surface area contributed by atoms with Crippen LogP contribution in [0.4, 0.5) is 0 Å². The minimum absolute atomic E-state index is 0.00935. The molecule has 1 aromatic heterocycles. The maximum atomic E-state index is 12.7. The monoisotopic (exact) mass is 375 g/mol. The number of aryl methyl sites for hydroxylation is 1. The molecule has 3 rings (SSSR count). The number of carbonyl (C=O) groups is 2. The highest BCUT2D eigenvalue weighted by atomic mass is 16.2. The first-order valence-corrected chi connectivity index (χ1v) is 10.3. The van der Waals surface area contributed by atoms with Crippen molar-refractivity contribution in [1.82, 2.24) is 24.5 Å². The molecule has 0 radical (unpaired) electrons. The lowest BCUT2D eigenvalue weighted by Gasteiger charge is -2.38. The van der Waals surface area contributed by atoms with Crippen LogP contribution in [0.3, 0.4) is 0 Å². The van der Waals surface area contributed by atoms with Gasteiger partial charge in [0.2, 0.25) is 5.91 Å². The van der Waals surface area contributed by atoms with Crippen molar-refractivity contribution in [2.24, 2.45) is 5.92 Å². The van der Waals surface area contributed by atoms with Gasteiger partial charge in [-0.2, -0.15) is 5.10 Å². The van der Waals surface area contributed by atoms with Crippen molar-refractivity contribution in [3.8, 4) is 0 Å². The molecule has 2 fully saturated rings. The summed E-state index contributed by atoms with van der Waals surface area (Å²) in [5, 5.41) is 4.33. The van der Waals surface area contributed by atoms with Gasteiger partial charge in [-0.1, -0.05) is 0 Å². The van der Waals surface area contributed by atoms with Gasteiger partial charge < -0.3 is 9.80 Å². The molecule has 1 unspecified atom stereocenters. The zero-order valence-electron chi connectivity index (χ0n) is 16.9. The highest BCUT2D eigenvalue weighted by Gasteiger charge is 2.29. The molecular weight excluding hydrogens is 342 g/mol. The van der Waals surface area contributed by atoms with Crippen molar-refractivity contribution in [3.63, 3.8) is 0 Å². The number of piperazine rings is 1. The smallest absolute Gasteiger partial charge is 0.274 e. The second-order valence-corrected chi connectivity index (χ2v) is 8.03. The summed E-state index contributed by atoms with van der Waals surface area (Å²) >= 11 is 0. The first-order valence-electron chi connectivity index (χ1n) is 10.3. The van der Waals surface area contributed by atoms with Gasteiger partial charge >= 0.3 is 0 Å². The Bertz CT molecular complexity index is 649. The van der Waals surface area contributed by atoms with Crippen LogP contribution in [0.15, 0.2) is 12.3 Å². The molecule has 3 heterocycles. The van der Waals surface area contributed by atoms with E-state index in [1.807, 2.05) is 22.9 Å². The van der Waals surface area contributed by atoms with E-state index in [1.54, 1.807) is 10.7 Å². The summed E-state index contributed by atoms with van der Waals surface area (Å²) in [5.41, 5.74) is 0.508. The van der Waals surface area contributed by atoms with E-state index in [0.29, 0.717) is 24.7 Å². The number of aromatic nitrogens is 2. The van der Waals surface area contributed by atoms with Crippen LogP contribution in [-0.2, 0) is 11.3 Å². The largest absolute Gasteiger partial charge is 0.340 e. The van der Waals surface area contributed by atoms with Gasteiger partial charge in [0.15, 0.2) is 0 Å². The molecule has 150 valence electrons. The average Bonchev–Trinajstić information content (AvgIpc) is 3.17. The molecule has 0 aliphatic carbocycles. The van der Waals surface area contributed by atoms with Crippen LogP contribution >= 0.6 is 0 Å². The fraction of sp³-hybridized carbons (Fsp3) is 0.750. The van der Waals surface area contributed by atoms with Gasteiger partial charge in [0.05, 0.1) is 0 Å². The molecule has 0 spiro atoms. The predicted octanol–water partition coefficient (Wildman–Crippen LogP) is 1.70. The lowest BCUT2D eigenvalue weighted by Crippen LogP contribution is -2.51. The summed E-state index contributed by atoms with van der Waals surface area (Å²) in [5.74, 6) is 0.490. The van der Waals surface area contributed by atoms with Crippen LogP contribution in [0.1, 0.15) is 50.5 Å². The molecule has 2 aliphatic heterocycles. The Labute approximate surface area is 162 Å². The Morgan fingerprint density at radius 3 is 2.52 bits per heavy atom. The zero-order valence-corrected chi connectivity index (χ0v) is 16.9. The first-order chi connectivity index (χ1) is 13.0. The average molecular weight is 376 g/mol. The third kappa shape index (κ3) is 4.89. The molecular formula is C20H33N5O2. The van der Waals surface area contributed by atoms with Crippen molar-refractivity contribution in [2.45, 2.75) is 52.6 Å². The Hall–Kier alpha value is -1.89. The van der Waals surface area contributed by atoms with E-state index in [-0.39, 0.29) is 17.7 Å². The van der Waals surface area contributed by atoms with E-state index in [1.165, 1.54) is 0 Å². The van der Waals surface area contributed by atoms with Crippen LogP contribution in [0.5, 0.6) is 0 Å². The molecule has 27 heavy (non-hydrogen) atoms. The molecule has 1 atom stereocenters. The maximum absolute atomic E-state index is 12.7. The fourth-order valence-corrected chi connectivity index (χ4v) is 4.09. The van der Waals surface area contributed by atoms with Crippen LogP contribution in [0.25, 0.3) is 0 Å². The number of rotatable bonds is 5. The number of piperidine rings is 1. The molecule has 2 aliphatic rings. The van der Waals surface area contributed by atoms with Crippen molar-refractivity contribution in [1.29, 1.82) is 0 Å². The molecule has 2 saturated heterocycles. The van der Waals surface area contributed by atoms with Gasteiger partial charge in [-0.05, 0) is 45.6 Å². The van der Waals surface area contributed by atoms with Crippen LogP contribution < -0.4 is 0 Å². The summed E-state index contributed by atoms with van der Waals surface area (Å²) in [6, 6.07) is 2.32. The van der Waals surface area contributed by atoms with Gasteiger partial charge in [0.25, 0.3) is 5.91 Å². The van der Waals surface area contributed by atoms with Gasteiger partial charge in [-0.15, -0.1) is 0 Å². The van der Waals surface area contributed by atoms with E-state index in [9.17, 15) is 9.59 Å². The fourth-order valence-electron chi connectivity index (χ4n) is 4.09. The standard InChI is InChI=1S/C20H33N5O2/c1-4-25-9-7-18(21-25)20(27)24-8-5-6-17(15-24)14-19(26)23-12-10-22(11-13-23)16(2)3/h7,9,16-17H,4-6,8,10-15H2,1-3H3. The van der Waals surface area contributed by atoms with E-state index >= 15 is 0 Å². The minimum atomic E-state index is -0.00935. The van der Waals surface area contributed by atoms with Crippen LogP contribution in [0.2, 0.25) is 0 Å². The molecule has 0 saturated carbocycles. The Morgan fingerprint density at radius 2 is 1.89 bits per heavy atom. The SMILES string of the molecule is CCn1ccc(C(=O)N2CCCC(CC(=O)N3CCN(C(C)C)CC3)C2)n1. The third-order valence-corrected chi connectivity index (χ3v) is 5.85. The van der Waals surface area contributed by atoms with E-state index in [0.717, 1.165) is 52.1 Å². The number of amides is 2. The van der Waals surface area contributed by atoms with E-state index < -0.39 is 0 Å². The van der Waals surface area contributed by atoms with Crippen LogP contribution in [0, 0.1) is 5.92 Å². The molecule has 0 bridgehead atoms. The number of carbonyl (C=O) groups excluding carboxylic acids is 2. The molecule has 2 amide bonds. The second kappa shape index (κ2) is 8.87. The number of likely N-dealkylation sites (tertiary alicyclic amines) is 1. The van der Waals surface area contributed by atoms with Gasteiger partial charge in [-0.25, -0.2) is 0 Å². The second-order valence-electron chi connectivity index (χ2n) is 8.03. The van der Waals surface area contributed by atoms with Gasteiger partial charge in [0.1, 0.15) is 5.69 Å². The summed E-state index contributed by atoms with van der Waals surface area (Å²) < 4.78 is 1.77. The lowest BCUT2D eigenvalue weighted by molar-refractivity contribution is -0.134. The van der Waals surface area contributed by atoms with E-state index in [2.05, 4.69) is 23.8 Å². The third-order valence-electron chi connectivity index (χ3n) is 5.85. The number of nitrogens with zero attached hydrogens (tertiary/aromatic N) is 5. The van der Waals surface area contributed by atoms with Crippen molar-refractivity contribution < 1.29 is 9.59 Å². The summed E-state index contributed by atoms with van der Waals surface area (Å²) in [4.78, 5) is 31.7. The Kier molecular flexibility index (Phi) is 6.52. The molecule has 7 nitrogen and oxygen atoms in total. The van der Waals surface area contributed by atoms with Crippen LogP contribution in [-0.4, -0.2) is 81.6 Å². The molecule has 0 N–H and O–H groups in total. The van der Waals surface area contributed by atoms with E-state index in [4.69, 9.17) is 0 Å². The highest BCUT2D eigenvalue weighted by Crippen LogP contribution is 2.22. The molecule has 7 heteroatoms. The number of hydrogen-bond donors (Lipinski definition) is 0. The summed E-state index contributed by atoms with van der Waals surface area (Å²) in [6.07, 6.45) is 4.37. The Balaban J connectivity index is 1.51. The molecule has 0 aromatic carbocycles. The van der Waals surface area contributed by atoms with Crippen molar-refractivity contribution in [3.05, 3.63) is 18.0 Å². The van der Waals surface area contributed by atoms with Crippen molar-refractivity contribution >= 4 is 11.8 Å². The quantitative estimate of drug-likeness (QED) is 0.786. The maximum Gasteiger partial charge on any atom is 0.274 e. The van der Waals surface area contributed by atoms with Gasteiger partial charge in [-0.3, -0.25) is 19.2 Å². The summed E-state index contributed by atoms with van der Waals surface area (Å²) in [6.45, 7) is 12.1.